The van der Waals surface area contributed by atoms with Crippen LogP contribution >= 0.6 is 0 Å². The lowest BCUT2D eigenvalue weighted by Gasteiger charge is -2.22. The summed E-state index contributed by atoms with van der Waals surface area (Å²) in [5.41, 5.74) is 2.50. The lowest BCUT2D eigenvalue weighted by Crippen LogP contribution is -2.34. The fourth-order valence-electron chi connectivity index (χ4n) is 4.67. The van der Waals surface area contributed by atoms with Gasteiger partial charge in [0, 0.05) is 41.9 Å². The molecule has 0 aliphatic rings. The first-order chi connectivity index (χ1) is 19.7. The second-order valence-electron chi connectivity index (χ2n) is 9.33. The van der Waals surface area contributed by atoms with Crippen molar-refractivity contribution in [3.8, 4) is 11.1 Å². The molecule has 5 rings (SSSR count). The monoisotopic (exact) mass is 561 g/mol. The van der Waals surface area contributed by atoms with Crippen molar-refractivity contribution in [2.45, 2.75) is 19.0 Å². The van der Waals surface area contributed by atoms with Gasteiger partial charge >= 0.3 is 0 Å². The van der Waals surface area contributed by atoms with Crippen LogP contribution in [0.4, 0.5) is 17.6 Å². The number of rotatable bonds is 8. The van der Waals surface area contributed by atoms with Crippen molar-refractivity contribution in [3.05, 3.63) is 119 Å². The Morgan fingerprint density at radius 3 is 2.44 bits per heavy atom. The molecule has 0 aliphatic heterocycles. The molecule has 3 aromatic carbocycles. The number of carbonyl (C=O) groups is 2. The Morgan fingerprint density at radius 2 is 1.68 bits per heavy atom. The molecule has 0 fully saturated rings. The average Bonchev–Trinajstić information content (AvgIpc) is 3.32. The zero-order valence-electron chi connectivity index (χ0n) is 21.7. The van der Waals surface area contributed by atoms with E-state index >= 15 is 0 Å². The van der Waals surface area contributed by atoms with Crippen LogP contribution in [-0.4, -0.2) is 33.6 Å². The molecule has 208 valence electrons. The van der Waals surface area contributed by atoms with E-state index in [0.717, 1.165) is 30.3 Å². The van der Waals surface area contributed by atoms with Gasteiger partial charge in [0.25, 0.3) is 5.91 Å². The van der Waals surface area contributed by atoms with Crippen LogP contribution in [-0.2, 0) is 17.8 Å². The van der Waals surface area contributed by atoms with Crippen molar-refractivity contribution in [2.75, 3.05) is 7.05 Å². The Kier molecular flexibility index (Phi) is 7.77. The van der Waals surface area contributed by atoms with Crippen LogP contribution in [0.5, 0.6) is 0 Å². The summed E-state index contributed by atoms with van der Waals surface area (Å²) in [7, 11) is 1.52. The van der Waals surface area contributed by atoms with Gasteiger partial charge < -0.3 is 10.6 Å². The Balaban J connectivity index is 1.51. The molecule has 2 heterocycles. The fraction of sp³-hybridized carbons (Fsp3) is 0.133. The molecule has 7 nitrogen and oxygen atoms in total. The third-order valence-corrected chi connectivity index (χ3v) is 6.51. The van der Waals surface area contributed by atoms with Crippen molar-refractivity contribution in [1.82, 2.24) is 25.4 Å². The highest BCUT2D eigenvalue weighted by atomic mass is 19.2. The molecule has 11 heteroatoms. The molecule has 0 saturated heterocycles. The summed E-state index contributed by atoms with van der Waals surface area (Å²) in [6.07, 6.45) is 2.80. The maximum absolute atomic E-state index is 14.1. The summed E-state index contributed by atoms with van der Waals surface area (Å²) in [5.74, 6) is -4.52. The van der Waals surface area contributed by atoms with E-state index in [9.17, 15) is 27.2 Å². The van der Waals surface area contributed by atoms with Crippen LogP contribution in [0.2, 0.25) is 0 Å². The molecule has 41 heavy (non-hydrogen) atoms. The number of amides is 2. The van der Waals surface area contributed by atoms with E-state index in [-0.39, 0.29) is 30.0 Å². The number of fused-ring (bicyclic) bond motifs is 1. The predicted molar refractivity (Wildman–Crippen MR) is 144 cm³/mol. The number of aromatic nitrogens is 3. The average molecular weight is 562 g/mol. The van der Waals surface area contributed by atoms with Crippen LogP contribution in [0.25, 0.3) is 22.0 Å². The van der Waals surface area contributed by atoms with E-state index in [1.54, 1.807) is 36.4 Å². The van der Waals surface area contributed by atoms with Gasteiger partial charge in [0.05, 0.1) is 23.4 Å². The molecule has 0 saturated carbocycles. The van der Waals surface area contributed by atoms with E-state index in [4.69, 9.17) is 0 Å². The Bertz CT molecular complexity index is 1750. The first-order valence-electron chi connectivity index (χ1n) is 12.5. The molecular weight excluding hydrogens is 538 g/mol. The van der Waals surface area contributed by atoms with Crippen molar-refractivity contribution in [2.24, 2.45) is 0 Å². The minimum Gasteiger partial charge on any atom is -0.355 e. The second-order valence-corrected chi connectivity index (χ2v) is 9.33. The highest BCUT2D eigenvalue weighted by Gasteiger charge is 2.23. The van der Waals surface area contributed by atoms with Gasteiger partial charge in [-0.1, -0.05) is 18.2 Å². The topological polar surface area (TPSA) is 88.9 Å². The van der Waals surface area contributed by atoms with Crippen LogP contribution < -0.4 is 10.6 Å². The standard InChI is InChI=1S/C30H23F4N5O2/c1-35-30(41)19-5-2-4-18(11-19)23-6-3-7-36-29(23)26(10-17-8-21(31)13-22(32)9-17)38-28(40)16-39-27-14-25(34)24(33)12-20(27)15-37-39/h2-9,11-15,26H,10,16H2,1H3,(H,35,41)(H,38,40)/t26-/m0/s1. The predicted octanol–water partition coefficient (Wildman–Crippen LogP) is 5.11. The zero-order valence-corrected chi connectivity index (χ0v) is 21.7. The number of hydrogen-bond donors (Lipinski definition) is 2. The van der Waals surface area contributed by atoms with E-state index < -0.39 is 35.2 Å². The summed E-state index contributed by atoms with van der Waals surface area (Å²) >= 11 is 0. The molecular formula is C30H23F4N5O2. The highest BCUT2D eigenvalue weighted by Crippen LogP contribution is 2.30. The molecule has 5 aromatic rings. The maximum Gasteiger partial charge on any atom is 0.251 e. The Labute approximate surface area is 231 Å². The molecule has 1 atom stereocenters. The van der Waals surface area contributed by atoms with E-state index in [1.165, 1.54) is 24.1 Å². The molecule has 2 amide bonds. The maximum atomic E-state index is 14.1. The summed E-state index contributed by atoms with van der Waals surface area (Å²) in [6.45, 7) is -0.350. The second kappa shape index (κ2) is 11.6. The molecule has 0 radical (unpaired) electrons. The number of carbonyl (C=O) groups excluding carboxylic acids is 2. The third kappa shape index (κ3) is 6.08. The van der Waals surface area contributed by atoms with Crippen molar-refractivity contribution < 1.29 is 27.2 Å². The normalized spacial score (nSPS) is 11.8. The van der Waals surface area contributed by atoms with Crippen molar-refractivity contribution in [1.29, 1.82) is 0 Å². The van der Waals surface area contributed by atoms with Gasteiger partial charge in [-0.25, -0.2) is 17.6 Å². The summed E-state index contributed by atoms with van der Waals surface area (Å²) in [6, 6.07) is 14.4. The Morgan fingerprint density at radius 1 is 0.927 bits per heavy atom. The zero-order chi connectivity index (χ0) is 29.1. The van der Waals surface area contributed by atoms with Gasteiger partial charge in [0.1, 0.15) is 18.2 Å². The molecule has 2 N–H and O–H groups in total. The van der Waals surface area contributed by atoms with Crippen LogP contribution in [0.15, 0.2) is 79.1 Å². The number of pyridine rings is 1. The van der Waals surface area contributed by atoms with Crippen molar-refractivity contribution >= 4 is 22.7 Å². The van der Waals surface area contributed by atoms with Gasteiger partial charge in [-0.3, -0.25) is 19.3 Å². The molecule has 0 aliphatic carbocycles. The van der Waals surface area contributed by atoms with Gasteiger partial charge in [0.2, 0.25) is 5.91 Å². The minimum absolute atomic E-state index is 0.0285. The smallest absolute Gasteiger partial charge is 0.251 e. The highest BCUT2D eigenvalue weighted by molar-refractivity contribution is 5.95. The third-order valence-electron chi connectivity index (χ3n) is 6.51. The summed E-state index contributed by atoms with van der Waals surface area (Å²) < 4.78 is 56.8. The van der Waals surface area contributed by atoms with Gasteiger partial charge in [0.15, 0.2) is 11.6 Å². The molecule has 0 spiro atoms. The van der Waals surface area contributed by atoms with Gasteiger partial charge in [-0.2, -0.15) is 5.10 Å². The number of halogens is 4. The first kappa shape index (κ1) is 27.5. The summed E-state index contributed by atoms with van der Waals surface area (Å²) in [4.78, 5) is 30.0. The van der Waals surface area contributed by atoms with E-state index in [0.29, 0.717) is 27.8 Å². The first-order valence-corrected chi connectivity index (χ1v) is 12.5. The number of nitrogens with one attached hydrogen (secondary N) is 2. The lowest BCUT2D eigenvalue weighted by molar-refractivity contribution is -0.122. The quantitative estimate of drug-likeness (QED) is 0.258. The van der Waals surface area contributed by atoms with Crippen LogP contribution in [0.3, 0.4) is 0 Å². The molecule has 0 bridgehead atoms. The SMILES string of the molecule is CNC(=O)c1cccc(-c2cccnc2[C@H](Cc2cc(F)cc(F)c2)NC(=O)Cn2ncc3cc(F)c(F)cc32)c1. The van der Waals surface area contributed by atoms with E-state index in [2.05, 4.69) is 20.7 Å². The number of hydrogen-bond acceptors (Lipinski definition) is 4. The lowest BCUT2D eigenvalue weighted by atomic mass is 9.94. The van der Waals surface area contributed by atoms with E-state index in [1.807, 2.05) is 0 Å². The fourth-order valence-corrected chi connectivity index (χ4v) is 4.67. The van der Waals surface area contributed by atoms with Crippen molar-refractivity contribution in [3.63, 3.8) is 0 Å². The molecule has 0 unspecified atom stereocenters. The Hall–Kier alpha value is -5.06. The molecule has 2 aromatic heterocycles. The van der Waals surface area contributed by atoms with Crippen LogP contribution in [0.1, 0.15) is 27.7 Å². The number of nitrogens with zero attached hydrogens (tertiary/aromatic N) is 3. The van der Waals surface area contributed by atoms with Crippen LogP contribution in [0, 0.1) is 23.3 Å². The minimum atomic E-state index is -1.08. The largest absolute Gasteiger partial charge is 0.355 e. The summed E-state index contributed by atoms with van der Waals surface area (Å²) in [5, 5.41) is 9.81. The van der Waals surface area contributed by atoms with Gasteiger partial charge in [-0.15, -0.1) is 0 Å². The number of benzene rings is 3. The van der Waals surface area contributed by atoms with Gasteiger partial charge in [-0.05, 0) is 53.9 Å².